The number of nitrogens with one attached hydrogen (secondary N) is 1. The third kappa shape index (κ3) is 2.71. The van der Waals surface area contributed by atoms with Gasteiger partial charge in [0, 0.05) is 44.5 Å². The van der Waals surface area contributed by atoms with Gasteiger partial charge in [0.25, 0.3) is 0 Å². The van der Waals surface area contributed by atoms with Crippen molar-refractivity contribution in [1.29, 1.82) is 0 Å². The molecule has 0 unspecified atom stereocenters. The first kappa shape index (κ1) is 14.2. The highest BCUT2D eigenvalue weighted by Crippen LogP contribution is 2.33. The van der Waals surface area contributed by atoms with Crippen LogP contribution in [0.4, 0.5) is 0 Å². The summed E-state index contributed by atoms with van der Waals surface area (Å²) in [6, 6.07) is 0.286. The van der Waals surface area contributed by atoms with Crippen molar-refractivity contribution in [3.8, 4) is 0 Å². The van der Waals surface area contributed by atoms with Crippen LogP contribution in [-0.2, 0) is 25.4 Å². The third-order valence-corrected chi connectivity index (χ3v) is 4.13. The van der Waals surface area contributed by atoms with Gasteiger partial charge in [-0.1, -0.05) is 0 Å². The monoisotopic (exact) mass is 290 g/mol. The molecule has 1 aliphatic heterocycles. The number of hydrogen-bond acceptors (Lipinski definition) is 5. The van der Waals surface area contributed by atoms with Gasteiger partial charge in [0.2, 0.25) is 0 Å². The molecule has 7 nitrogen and oxygen atoms in total. The molecule has 0 radical (unpaired) electrons. The van der Waals surface area contributed by atoms with E-state index in [-0.39, 0.29) is 12.1 Å². The first-order valence-electron chi connectivity index (χ1n) is 7.26. The van der Waals surface area contributed by atoms with Crippen molar-refractivity contribution in [3.05, 3.63) is 28.8 Å². The molecule has 1 fully saturated rings. The molecule has 0 amide bonds. The van der Waals surface area contributed by atoms with E-state index in [1.165, 1.54) is 11.3 Å². The summed E-state index contributed by atoms with van der Waals surface area (Å²) in [5, 5.41) is 16.4. The van der Waals surface area contributed by atoms with Crippen LogP contribution in [0.1, 0.15) is 35.2 Å². The molecule has 0 aliphatic carbocycles. The van der Waals surface area contributed by atoms with E-state index in [9.17, 15) is 0 Å². The van der Waals surface area contributed by atoms with Crippen LogP contribution in [0.25, 0.3) is 0 Å². The minimum absolute atomic E-state index is 0.0652. The van der Waals surface area contributed by atoms with Gasteiger partial charge in [0.15, 0.2) is 0 Å². The summed E-state index contributed by atoms with van der Waals surface area (Å²) in [7, 11) is 3.80. The summed E-state index contributed by atoms with van der Waals surface area (Å²) in [5.41, 5.74) is 4.38. The SMILES string of the molecule is Cc1nn(C)c(C)c1[C@H]1OCC[C@@H]1NCc1cnn(C)n1. The number of rotatable bonds is 4. The molecule has 1 aliphatic rings. The molecule has 0 aromatic carbocycles. The molecule has 3 rings (SSSR count). The van der Waals surface area contributed by atoms with Crippen molar-refractivity contribution in [3.63, 3.8) is 0 Å². The molecular weight excluding hydrogens is 268 g/mol. The minimum Gasteiger partial charge on any atom is -0.372 e. The fourth-order valence-electron chi connectivity index (χ4n) is 2.99. The fraction of sp³-hybridized carbons (Fsp3) is 0.643. The largest absolute Gasteiger partial charge is 0.372 e. The van der Waals surface area contributed by atoms with Crippen LogP contribution in [0.3, 0.4) is 0 Å². The highest BCUT2D eigenvalue weighted by Gasteiger charge is 2.33. The Kier molecular flexibility index (Phi) is 3.77. The molecule has 0 bridgehead atoms. The Balaban J connectivity index is 1.73. The van der Waals surface area contributed by atoms with Gasteiger partial charge >= 0.3 is 0 Å². The van der Waals surface area contributed by atoms with Gasteiger partial charge < -0.3 is 10.1 Å². The van der Waals surface area contributed by atoms with E-state index < -0.39 is 0 Å². The molecule has 0 saturated carbocycles. The van der Waals surface area contributed by atoms with Crippen LogP contribution in [0, 0.1) is 13.8 Å². The van der Waals surface area contributed by atoms with Crippen LogP contribution in [-0.4, -0.2) is 37.4 Å². The molecular formula is C14H22N6O. The van der Waals surface area contributed by atoms with E-state index in [0.29, 0.717) is 6.54 Å². The van der Waals surface area contributed by atoms with E-state index in [1.807, 2.05) is 25.7 Å². The number of hydrogen-bond donors (Lipinski definition) is 1. The zero-order chi connectivity index (χ0) is 15.0. The average Bonchev–Trinajstić information content (AvgIpc) is 3.10. The standard InChI is InChI=1S/C14H22N6O/c1-9-13(10(2)19(3)17-9)14-12(5-6-21-14)15-7-11-8-16-20(4)18-11/h8,12,14-15H,5-7H2,1-4H3/t12-,14-/m0/s1. The van der Waals surface area contributed by atoms with Crippen molar-refractivity contribution in [2.75, 3.05) is 6.61 Å². The fourth-order valence-corrected chi connectivity index (χ4v) is 2.99. The van der Waals surface area contributed by atoms with Crippen molar-refractivity contribution >= 4 is 0 Å². The quantitative estimate of drug-likeness (QED) is 0.901. The lowest BCUT2D eigenvalue weighted by Gasteiger charge is -2.20. The Bertz CT molecular complexity index is 631. The number of ether oxygens (including phenoxy) is 1. The normalized spacial score (nSPS) is 22.1. The summed E-state index contributed by atoms with van der Waals surface area (Å²) in [4.78, 5) is 1.58. The highest BCUT2D eigenvalue weighted by atomic mass is 16.5. The van der Waals surface area contributed by atoms with Crippen molar-refractivity contribution in [2.24, 2.45) is 14.1 Å². The molecule has 2 aromatic heterocycles. The maximum absolute atomic E-state index is 5.96. The molecule has 0 spiro atoms. The molecule has 1 saturated heterocycles. The molecule has 7 heteroatoms. The zero-order valence-corrected chi connectivity index (χ0v) is 13.0. The van der Waals surface area contributed by atoms with Gasteiger partial charge in [-0.15, -0.1) is 0 Å². The van der Waals surface area contributed by atoms with Gasteiger partial charge in [0.1, 0.15) is 6.10 Å². The lowest BCUT2D eigenvalue weighted by atomic mass is 10.0. The Morgan fingerprint density at radius 3 is 2.76 bits per heavy atom. The molecule has 3 heterocycles. The van der Waals surface area contributed by atoms with Crippen molar-refractivity contribution < 1.29 is 4.74 Å². The second-order valence-corrected chi connectivity index (χ2v) is 5.60. The van der Waals surface area contributed by atoms with Crippen molar-refractivity contribution in [1.82, 2.24) is 30.1 Å². The van der Waals surface area contributed by atoms with E-state index in [0.717, 1.165) is 24.4 Å². The Hall–Kier alpha value is -1.73. The number of aryl methyl sites for hydroxylation is 3. The van der Waals surface area contributed by atoms with Crippen LogP contribution in [0.2, 0.25) is 0 Å². The molecule has 21 heavy (non-hydrogen) atoms. The maximum atomic E-state index is 5.96. The summed E-state index contributed by atoms with van der Waals surface area (Å²) in [5.74, 6) is 0. The molecule has 114 valence electrons. The number of nitrogens with zero attached hydrogens (tertiary/aromatic N) is 5. The maximum Gasteiger partial charge on any atom is 0.101 e. The summed E-state index contributed by atoms with van der Waals surface area (Å²) in [6.07, 6.45) is 2.85. The first-order valence-corrected chi connectivity index (χ1v) is 7.26. The van der Waals surface area contributed by atoms with Crippen LogP contribution >= 0.6 is 0 Å². The lowest BCUT2D eigenvalue weighted by molar-refractivity contribution is 0.0973. The average molecular weight is 290 g/mol. The Morgan fingerprint density at radius 1 is 1.33 bits per heavy atom. The molecule has 2 atom stereocenters. The summed E-state index contributed by atoms with van der Waals surface area (Å²) in [6.45, 7) is 5.62. The first-order chi connectivity index (χ1) is 10.1. The van der Waals surface area contributed by atoms with Crippen LogP contribution in [0.15, 0.2) is 6.20 Å². The predicted octanol–water partition coefficient (Wildman–Crippen LogP) is 0.785. The second-order valence-electron chi connectivity index (χ2n) is 5.60. The van der Waals surface area contributed by atoms with Crippen LogP contribution < -0.4 is 5.32 Å². The summed E-state index contributed by atoms with van der Waals surface area (Å²) < 4.78 is 7.89. The van der Waals surface area contributed by atoms with Gasteiger partial charge in [-0.3, -0.25) is 4.68 Å². The molecule has 2 aromatic rings. The Labute approximate surface area is 124 Å². The smallest absolute Gasteiger partial charge is 0.101 e. The van der Waals surface area contributed by atoms with Crippen molar-refractivity contribution in [2.45, 2.75) is 39.0 Å². The minimum atomic E-state index is 0.0652. The van der Waals surface area contributed by atoms with E-state index >= 15 is 0 Å². The Morgan fingerprint density at radius 2 is 2.14 bits per heavy atom. The lowest BCUT2D eigenvalue weighted by Crippen LogP contribution is -2.32. The predicted molar refractivity (Wildman–Crippen MR) is 77.6 cm³/mol. The van der Waals surface area contributed by atoms with Crippen LogP contribution in [0.5, 0.6) is 0 Å². The van der Waals surface area contributed by atoms with Gasteiger partial charge in [0.05, 0.1) is 17.6 Å². The van der Waals surface area contributed by atoms with E-state index in [1.54, 1.807) is 11.0 Å². The van der Waals surface area contributed by atoms with E-state index in [4.69, 9.17) is 4.74 Å². The summed E-state index contributed by atoms with van der Waals surface area (Å²) >= 11 is 0. The second kappa shape index (κ2) is 5.57. The molecule has 1 N–H and O–H groups in total. The van der Waals surface area contributed by atoms with Gasteiger partial charge in [-0.05, 0) is 20.3 Å². The van der Waals surface area contributed by atoms with E-state index in [2.05, 4.69) is 27.5 Å². The third-order valence-electron chi connectivity index (χ3n) is 4.13. The van der Waals surface area contributed by atoms with Gasteiger partial charge in [-0.25, -0.2) is 0 Å². The number of aromatic nitrogens is 5. The van der Waals surface area contributed by atoms with Gasteiger partial charge in [-0.2, -0.15) is 20.1 Å². The zero-order valence-electron chi connectivity index (χ0n) is 13.0. The topological polar surface area (TPSA) is 69.8 Å². The highest BCUT2D eigenvalue weighted by molar-refractivity contribution is 5.29.